The fourth-order valence-corrected chi connectivity index (χ4v) is 3.86. The Balaban J connectivity index is 1.93. The average molecular weight is 418 g/mol. The van der Waals surface area contributed by atoms with Crippen molar-refractivity contribution < 1.29 is 23.8 Å². The first kappa shape index (κ1) is 21.7. The van der Waals surface area contributed by atoms with Gasteiger partial charge in [0.1, 0.15) is 5.60 Å². The molecule has 3 rings (SSSR count). The van der Waals surface area contributed by atoms with Gasteiger partial charge in [-0.1, -0.05) is 0 Å². The molecule has 2 aromatic heterocycles. The zero-order valence-electron chi connectivity index (χ0n) is 18.6. The number of amides is 1. The molecule has 1 fully saturated rings. The van der Waals surface area contributed by atoms with E-state index in [4.69, 9.17) is 14.2 Å². The second kappa shape index (κ2) is 8.04. The number of rotatable bonds is 3. The van der Waals surface area contributed by atoms with Crippen LogP contribution in [0.2, 0.25) is 0 Å². The van der Waals surface area contributed by atoms with E-state index in [9.17, 15) is 9.59 Å². The molecule has 0 bridgehead atoms. The van der Waals surface area contributed by atoms with Crippen molar-refractivity contribution in [1.82, 2.24) is 14.5 Å². The van der Waals surface area contributed by atoms with Crippen LogP contribution in [0.5, 0.6) is 5.88 Å². The lowest BCUT2D eigenvalue weighted by Gasteiger charge is -2.45. The molecule has 1 aliphatic heterocycles. The van der Waals surface area contributed by atoms with Gasteiger partial charge < -0.3 is 19.1 Å². The van der Waals surface area contributed by atoms with Crippen molar-refractivity contribution in [2.24, 2.45) is 0 Å². The lowest BCUT2D eigenvalue weighted by molar-refractivity contribution is 0.00565. The first-order chi connectivity index (χ1) is 14.1. The van der Waals surface area contributed by atoms with Crippen molar-refractivity contribution in [2.75, 3.05) is 32.2 Å². The van der Waals surface area contributed by atoms with E-state index < -0.39 is 11.6 Å². The average Bonchev–Trinajstić information content (AvgIpc) is 3.08. The highest BCUT2D eigenvalue weighted by Crippen LogP contribution is 2.30. The first-order valence-corrected chi connectivity index (χ1v) is 9.97. The predicted octanol–water partition coefficient (Wildman–Crippen LogP) is 2.96. The van der Waals surface area contributed by atoms with Crippen LogP contribution in [-0.2, 0) is 9.47 Å². The minimum absolute atomic E-state index is 0.0613. The van der Waals surface area contributed by atoms with Gasteiger partial charge in [-0.05, 0) is 46.8 Å². The van der Waals surface area contributed by atoms with Gasteiger partial charge >= 0.3 is 12.1 Å². The zero-order chi connectivity index (χ0) is 22.2. The molecule has 1 saturated heterocycles. The Morgan fingerprint density at radius 2 is 1.73 bits per heavy atom. The van der Waals surface area contributed by atoms with Crippen LogP contribution in [0.1, 0.15) is 45.1 Å². The highest BCUT2D eigenvalue weighted by Gasteiger charge is 2.36. The summed E-state index contributed by atoms with van der Waals surface area (Å²) in [5.41, 5.74) is 1.41. The quantitative estimate of drug-likeness (QED) is 0.709. The van der Waals surface area contributed by atoms with Crippen molar-refractivity contribution in [3.63, 3.8) is 0 Å². The molecule has 30 heavy (non-hydrogen) atoms. The fourth-order valence-electron chi connectivity index (χ4n) is 3.86. The second-order valence-electron chi connectivity index (χ2n) is 8.57. The summed E-state index contributed by atoms with van der Waals surface area (Å²) in [6.45, 7) is 10.8. The number of carbonyl (C=O) groups is 2. The third-order valence-corrected chi connectivity index (χ3v) is 5.04. The number of piperazine rings is 1. The zero-order valence-corrected chi connectivity index (χ0v) is 18.6. The number of methoxy groups -OCH3 is 2. The van der Waals surface area contributed by atoms with Gasteiger partial charge in [0.2, 0.25) is 5.88 Å². The highest BCUT2D eigenvalue weighted by atomic mass is 16.6. The Morgan fingerprint density at radius 1 is 1.10 bits per heavy atom. The molecule has 1 amide bonds. The maximum Gasteiger partial charge on any atom is 0.410 e. The van der Waals surface area contributed by atoms with Crippen LogP contribution in [0.4, 0.5) is 10.5 Å². The molecule has 0 N–H and O–H groups in total. The minimum Gasteiger partial charge on any atom is -0.480 e. The predicted molar refractivity (Wildman–Crippen MR) is 112 cm³/mol. The molecule has 0 radical (unpaired) electrons. The summed E-state index contributed by atoms with van der Waals surface area (Å²) in [6.07, 6.45) is -0.306. The first-order valence-electron chi connectivity index (χ1n) is 9.97. The maximum absolute atomic E-state index is 12.7. The molecule has 0 saturated carbocycles. The van der Waals surface area contributed by atoms with Gasteiger partial charge in [0.25, 0.3) is 0 Å². The van der Waals surface area contributed by atoms with E-state index in [1.807, 2.05) is 40.7 Å². The van der Waals surface area contributed by atoms with Gasteiger partial charge in [-0.25, -0.2) is 14.1 Å². The van der Waals surface area contributed by atoms with Gasteiger partial charge in [-0.3, -0.25) is 4.90 Å². The SMILES string of the molecule is COC(=O)c1ccc(N2C[C@H](C)N(C(=O)OC(C)(C)C)[C@@H](C)C2)c2cc(OC)nn12. The molecule has 2 atom stereocenters. The Labute approximate surface area is 176 Å². The van der Waals surface area contributed by atoms with E-state index >= 15 is 0 Å². The third-order valence-electron chi connectivity index (χ3n) is 5.04. The van der Waals surface area contributed by atoms with Crippen LogP contribution < -0.4 is 9.64 Å². The van der Waals surface area contributed by atoms with E-state index in [2.05, 4.69) is 10.00 Å². The number of fused-ring (bicyclic) bond motifs is 1. The minimum atomic E-state index is -0.544. The molecule has 3 heterocycles. The molecular weight excluding hydrogens is 388 g/mol. The normalized spacial score (nSPS) is 19.7. The molecule has 1 aliphatic rings. The van der Waals surface area contributed by atoms with Crippen LogP contribution in [0.15, 0.2) is 18.2 Å². The molecule has 164 valence electrons. The summed E-state index contributed by atoms with van der Waals surface area (Å²) in [4.78, 5) is 28.8. The van der Waals surface area contributed by atoms with Crippen molar-refractivity contribution >= 4 is 23.3 Å². The van der Waals surface area contributed by atoms with Crippen LogP contribution in [0.3, 0.4) is 0 Å². The topological polar surface area (TPSA) is 85.6 Å². The van der Waals surface area contributed by atoms with Gasteiger partial charge in [0.15, 0.2) is 5.69 Å². The molecule has 9 nitrogen and oxygen atoms in total. The number of anilines is 1. The van der Waals surface area contributed by atoms with Gasteiger partial charge in [-0.15, -0.1) is 5.10 Å². The van der Waals surface area contributed by atoms with Gasteiger partial charge in [0.05, 0.1) is 37.5 Å². The smallest absolute Gasteiger partial charge is 0.410 e. The molecule has 0 spiro atoms. The number of hydrogen-bond acceptors (Lipinski definition) is 7. The third kappa shape index (κ3) is 4.15. The van der Waals surface area contributed by atoms with Crippen LogP contribution in [0.25, 0.3) is 5.52 Å². The molecule has 0 aromatic carbocycles. The highest BCUT2D eigenvalue weighted by molar-refractivity contribution is 5.90. The number of carbonyl (C=O) groups excluding carboxylic acids is 2. The Kier molecular flexibility index (Phi) is 5.83. The number of nitrogens with zero attached hydrogens (tertiary/aromatic N) is 4. The van der Waals surface area contributed by atoms with E-state index in [-0.39, 0.29) is 18.2 Å². The lowest BCUT2D eigenvalue weighted by Crippen LogP contribution is -2.59. The van der Waals surface area contributed by atoms with Crippen molar-refractivity contribution in [1.29, 1.82) is 0 Å². The van der Waals surface area contributed by atoms with Crippen LogP contribution >= 0.6 is 0 Å². The second-order valence-corrected chi connectivity index (χ2v) is 8.57. The van der Waals surface area contributed by atoms with E-state index in [0.29, 0.717) is 24.7 Å². The summed E-state index contributed by atoms with van der Waals surface area (Å²) < 4.78 is 17.3. The van der Waals surface area contributed by atoms with Gasteiger partial charge in [0, 0.05) is 19.2 Å². The van der Waals surface area contributed by atoms with Crippen molar-refractivity contribution in [3.8, 4) is 5.88 Å². The summed E-state index contributed by atoms with van der Waals surface area (Å²) in [6, 6.07) is 5.24. The maximum atomic E-state index is 12.7. The summed E-state index contributed by atoms with van der Waals surface area (Å²) >= 11 is 0. The number of aromatic nitrogens is 2. The summed E-state index contributed by atoms with van der Waals surface area (Å²) in [7, 11) is 2.87. The number of ether oxygens (including phenoxy) is 3. The van der Waals surface area contributed by atoms with Crippen molar-refractivity contribution in [3.05, 3.63) is 23.9 Å². The molecular formula is C21H30N4O5. The van der Waals surface area contributed by atoms with Crippen LogP contribution in [0, 0.1) is 0 Å². The van der Waals surface area contributed by atoms with E-state index in [1.165, 1.54) is 18.7 Å². The summed E-state index contributed by atoms with van der Waals surface area (Å²) in [5, 5.41) is 4.36. The summed E-state index contributed by atoms with van der Waals surface area (Å²) in [5.74, 6) is -0.0742. The molecule has 0 unspecified atom stereocenters. The Hall–Kier alpha value is -2.97. The molecule has 2 aromatic rings. The lowest BCUT2D eigenvalue weighted by atomic mass is 10.1. The standard InChI is InChI=1S/C21H30N4O5/c1-13-11-23(12-14(2)24(13)20(27)30-21(3,4)5)15-8-9-16(19(26)29-7)25-17(15)10-18(22-25)28-6/h8-10,13-14H,11-12H2,1-7H3/t13-,14-/m0/s1. The Bertz CT molecular complexity index is 937. The largest absolute Gasteiger partial charge is 0.480 e. The molecule has 0 aliphatic carbocycles. The molecule has 9 heteroatoms. The van der Waals surface area contributed by atoms with Crippen LogP contribution in [-0.4, -0.2) is 71.6 Å². The number of esters is 1. The Morgan fingerprint density at radius 3 is 2.27 bits per heavy atom. The van der Waals surface area contributed by atoms with Crippen molar-refractivity contribution in [2.45, 2.75) is 52.3 Å². The number of pyridine rings is 1. The number of hydrogen-bond donors (Lipinski definition) is 0. The monoisotopic (exact) mass is 418 g/mol. The van der Waals surface area contributed by atoms with Gasteiger partial charge in [-0.2, -0.15) is 0 Å². The fraction of sp³-hybridized carbons (Fsp3) is 0.571. The van der Waals surface area contributed by atoms with E-state index in [1.54, 1.807) is 17.0 Å². The van der Waals surface area contributed by atoms with E-state index in [0.717, 1.165) is 11.2 Å².